The monoisotopic (exact) mass is 241 g/mol. The molecular formula is C9H11N3O5. The van der Waals surface area contributed by atoms with Crippen molar-refractivity contribution in [2.75, 3.05) is 6.54 Å². The molecule has 0 aliphatic rings. The third kappa shape index (κ3) is 3.30. The summed E-state index contributed by atoms with van der Waals surface area (Å²) in [7, 11) is 0. The summed E-state index contributed by atoms with van der Waals surface area (Å²) in [6, 6.07) is 0. The van der Waals surface area contributed by atoms with Crippen LogP contribution in [0.25, 0.3) is 0 Å². The average Bonchev–Trinajstić information content (AvgIpc) is 2.25. The van der Waals surface area contributed by atoms with E-state index in [0.717, 1.165) is 6.20 Å². The number of aromatic amines is 2. The Labute approximate surface area is 94.7 Å². The fraction of sp³-hybridized carbons (Fsp3) is 0.333. The molecule has 0 fully saturated rings. The molecule has 0 radical (unpaired) electrons. The van der Waals surface area contributed by atoms with Gasteiger partial charge < -0.3 is 15.4 Å². The van der Waals surface area contributed by atoms with Gasteiger partial charge in [0.15, 0.2) is 0 Å². The van der Waals surface area contributed by atoms with E-state index in [9.17, 15) is 19.2 Å². The molecule has 1 aromatic rings. The van der Waals surface area contributed by atoms with Crippen molar-refractivity contribution >= 4 is 11.9 Å². The van der Waals surface area contributed by atoms with E-state index in [0.29, 0.717) is 0 Å². The molecule has 0 aliphatic heterocycles. The molecule has 4 N–H and O–H groups in total. The summed E-state index contributed by atoms with van der Waals surface area (Å²) < 4.78 is 0. The highest BCUT2D eigenvalue weighted by atomic mass is 16.4. The first-order valence-corrected chi connectivity index (χ1v) is 4.75. The predicted molar refractivity (Wildman–Crippen MR) is 56.8 cm³/mol. The summed E-state index contributed by atoms with van der Waals surface area (Å²) in [5.74, 6) is -2.56. The van der Waals surface area contributed by atoms with Gasteiger partial charge in [0.1, 0.15) is 5.56 Å². The molecule has 0 aliphatic carbocycles. The normalized spacial score (nSPS) is 11.8. The van der Waals surface area contributed by atoms with Gasteiger partial charge in [0.25, 0.3) is 11.5 Å². The maximum absolute atomic E-state index is 11.5. The number of carboxylic acid groups (broad SMARTS) is 1. The second kappa shape index (κ2) is 5.10. The summed E-state index contributed by atoms with van der Waals surface area (Å²) in [5.41, 5.74) is -1.82. The SMILES string of the molecule is CC(CNC(=O)c1c[nH]c(=O)[nH]c1=O)C(=O)O. The molecule has 8 heteroatoms. The first kappa shape index (κ1) is 12.7. The molecule has 1 atom stereocenters. The molecule has 1 unspecified atom stereocenters. The van der Waals surface area contributed by atoms with Gasteiger partial charge in [-0.1, -0.05) is 6.92 Å². The molecular weight excluding hydrogens is 230 g/mol. The quantitative estimate of drug-likeness (QED) is 0.510. The third-order valence-electron chi connectivity index (χ3n) is 2.05. The second-order valence-corrected chi connectivity index (χ2v) is 3.43. The van der Waals surface area contributed by atoms with Crippen molar-refractivity contribution in [1.29, 1.82) is 0 Å². The second-order valence-electron chi connectivity index (χ2n) is 3.43. The van der Waals surface area contributed by atoms with Crippen LogP contribution in [0.4, 0.5) is 0 Å². The molecule has 0 bridgehead atoms. The van der Waals surface area contributed by atoms with E-state index < -0.39 is 29.0 Å². The maximum Gasteiger partial charge on any atom is 0.325 e. The van der Waals surface area contributed by atoms with Crippen molar-refractivity contribution < 1.29 is 14.7 Å². The number of aromatic nitrogens is 2. The van der Waals surface area contributed by atoms with Crippen molar-refractivity contribution in [1.82, 2.24) is 15.3 Å². The fourth-order valence-electron chi connectivity index (χ4n) is 1.01. The highest BCUT2D eigenvalue weighted by molar-refractivity contribution is 5.93. The first-order chi connectivity index (χ1) is 7.91. The molecule has 0 aromatic carbocycles. The van der Waals surface area contributed by atoms with E-state index in [-0.39, 0.29) is 12.1 Å². The molecule has 1 rings (SSSR count). The Balaban J connectivity index is 2.74. The average molecular weight is 241 g/mol. The zero-order chi connectivity index (χ0) is 13.0. The van der Waals surface area contributed by atoms with E-state index in [1.165, 1.54) is 6.92 Å². The van der Waals surface area contributed by atoms with Gasteiger partial charge in [0.05, 0.1) is 5.92 Å². The molecule has 1 aromatic heterocycles. The van der Waals surface area contributed by atoms with Crippen LogP contribution in [-0.2, 0) is 4.79 Å². The Morgan fingerprint density at radius 3 is 2.65 bits per heavy atom. The number of hydrogen-bond donors (Lipinski definition) is 4. The van der Waals surface area contributed by atoms with Crippen molar-refractivity contribution in [3.05, 3.63) is 32.6 Å². The van der Waals surface area contributed by atoms with Gasteiger partial charge in [-0.2, -0.15) is 0 Å². The third-order valence-corrected chi connectivity index (χ3v) is 2.05. The van der Waals surface area contributed by atoms with Crippen molar-refractivity contribution in [2.24, 2.45) is 5.92 Å². The number of carboxylic acids is 1. The number of H-pyrrole nitrogens is 2. The summed E-state index contributed by atoms with van der Waals surface area (Å²) in [6.07, 6.45) is 0.974. The van der Waals surface area contributed by atoms with E-state index in [1.807, 2.05) is 4.98 Å². The number of aliphatic carboxylic acids is 1. The topological polar surface area (TPSA) is 132 Å². The van der Waals surface area contributed by atoms with Gasteiger partial charge in [0.2, 0.25) is 0 Å². The molecule has 17 heavy (non-hydrogen) atoms. The van der Waals surface area contributed by atoms with Crippen molar-refractivity contribution in [3.8, 4) is 0 Å². The molecule has 1 heterocycles. The van der Waals surface area contributed by atoms with Crippen LogP contribution in [0.2, 0.25) is 0 Å². The molecule has 0 saturated carbocycles. The molecule has 0 spiro atoms. The van der Waals surface area contributed by atoms with Crippen LogP contribution >= 0.6 is 0 Å². The lowest BCUT2D eigenvalue weighted by atomic mass is 10.2. The fourth-order valence-corrected chi connectivity index (χ4v) is 1.01. The van der Waals surface area contributed by atoms with E-state index >= 15 is 0 Å². The number of amides is 1. The number of hydrogen-bond acceptors (Lipinski definition) is 4. The van der Waals surface area contributed by atoms with Crippen LogP contribution in [0, 0.1) is 5.92 Å². The van der Waals surface area contributed by atoms with Gasteiger partial charge in [-0.05, 0) is 0 Å². The standard InChI is InChI=1S/C9H11N3O5/c1-4(8(15)16)2-10-6(13)5-3-11-9(17)12-7(5)14/h3-4H,2H2,1H3,(H,10,13)(H,15,16)(H2,11,12,14,17). The minimum absolute atomic E-state index is 0.104. The predicted octanol–water partition coefficient (Wildman–Crippen LogP) is -1.49. The van der Waals surface area contributed by atoms with Crippen LogP contribution in [-0.4, -0.2) is 33.5 Å². The summed E-state index contributed by atoms with van der Waals surface area (Å²) in [6.45, 7) is 1.31. The summed E-state index contributed by atoms with van der Waals surface area (Å²) in [4.78, 5) is 47.9. The Bertz CT molecular complexity index is 544. The minimum Gasteiger partial charge on any atom is -0.481 e. The van der Waals surface area contributed by atoms with Crippen LogP contribution in [0.3, 0.4) is 0 Å². The lowest BCUT2D eigenvalue weighted by Gasteiger charge is -2.07. The largest absolute Gasteiger partial charge is 0.481 e. The van der Waals surface area contributed by atoms with Crippen LogP contribution < -0.4 is 16.6 Å². The van der Waals surface area contributed by atoms with Gasteiger partial charge in [0, 0.05) is 12.7 Å². The number of carbonyl (C=O) groups excluding carboxylic acids is 1. The van der Waals surface area contributed by atoms with Gasteiger partial charge >= 0.3 is 11.7 Å². The Kier molecular flexibility index (Phi) is 3.81. The molecule has 8 nitrogen and oxygen atoms in total. The van der Waals surface area contributed by atoms with Crippen molar-refractivity contribution in [2.45, 2.75) is 6.92 Å². The zero-order valence-corrected chi connectivity index (χ0v) is 8.94. The Hall–Kier alpha value is -2.38. The van der Waals surface area contributed by atoms with Crippen molar-refractivity contribution in [3.63, 3.8) is 0 Å². The molecule has 1 amide bonds. The van der Waals surface area contributed by atoms with Crippen LogP contribution in [0.5, 0.6) is 0 Å². The maximum atomic E-state index is 11.5. The van der Waals surface area contributed by atoms with Gasteiger partial charge in [-0.25, -0.2) is 4.79 Å². The number of rotatable bonds is 4. The first-order valence-electron chi connectivity index (χ1n) is 4.75. The van der Waals surface area contributed by atoms with Gasteiger partial charge in [-0.15, -0.1) is 0 Å². The number of carbonyl (C=O) groups is 2. The van der Waals surface area contributed by atoms with E-state index in [2.05, 4.69) is 10.3 Å². The van der Waals surface area contributed by atoms with E-state index in [4.69, 9.17) is 5.11 Å². The number of nitrogens with one attached hydrogen (secondary N) is 3. The zero-order valence-electron chi connectivity index (χ0n) is 8.94. The minimum atomic E-state index is -1.05. The lowest BCUT2D eigenvalue weighted by Crippen LogP contribution is -2.36. The van der Waals surface area contributed by atoms with Crippen LogP contribution in [0.1, 0.15) is 17.3 Å². The lowest BCUT2D eigenvalue weighted by molar-refractivity contribution is -0.140. The summed E-state index contributed by atoms with van der Waals surface area (Å²) in [5, 5.41) is 10.9. The van der Waals surface area contributed by atoms with Gasteiger partial charge in [-0.3, -0.25) is 19.4 Å². The Morgan fingerprint density at radius 2 is 2.12 bits per heavy atom. The highest BCUT2D eigenvalue weighted by Crippen LogP contribution is 1.93. The van der Waals surface area contributed by atoms with E-state index in [1.54, 1.807) is 0 Å². The Morgan fingerprint density at radius 1 is 1.47 bits per heavy atom. The highest BCUT2D eigenvalue weighted by Gasteiger charge is 2.15. The molecule has 0 saturated heterocycles. The van der Waals surface area contributed by atoms with Crippen LogP contribution in [0.15, 0.2) is 15.8 Å². The summed E-state index contributed by atoms with van der Waals surface area (Å²) >= 11 is 0. The molecule has 92 valence electrons. The smallest absolute Gasteiger partial charge is 0.325 e.